The molecule has 1 saturated heterocycles. The fraction of sp³-hybridized carbons (Fsp3) is 0.160. The lowest BCUT2D eigenvalue weighted by molar-refractivity contribution is -0.121. The number of para-hydroxylation sites is 3. The van der Waals surface area contributed by atoms with Crippen LogP contribution in [0.25, 0.3) is 0 Å². The topological polar surface area (TPSA) is 87.7 Å². The Balaban J connectivity index is 1.44. The van der Waals surface area contributed by atoms with Gasteiger partial charge in [0.2, 0.25) is 11.8 Å². The van der Waals surface area contributed by atoms with E-state index in [1.807, 2.05) is 31.2 Å². The minimum absolute atomic E-state index is 0.0934. The van der Waals surface area contributed by atoms with E-state index in [4.69, 9.17) is 4.74 Å². The maximum Gasteiger partial charge on any atom is 0.323 e. The van der Waals surface area contributed by atoms with E-state index in [1.165, 1.54) is 16.7 Å². The number of ether oxygens (including phenoxy) is 1. The molecule has 1 aliphatic heterocycles. The summed E-state index contributed by atoms with van der Waals surface area (Å²) in [5.41, 5.74) is 1.73. The van der Waals surface area contributed by atoms with Gasteiger partial charge in [-0.15, -0.1) is 11.8 Å². The van der Waals surface area contributed by atoms with Crippen LogP contribution in [-0.4, -0.2) is 29.7 Å². The first kappa shape index (κ1) is 22.4. The van der Waals surface area contributed by atoms with Gasteiger partial charge in [0.05, 0.1) is 17.5 Å². The molecule has 0 spiro atoms. The van der Waals surface area contributed by atoms with Crippen LogP contribution >= 0.6 is 11.8 Å². The summed E-state index contributed by atoms with van der Waals surface area (Å²) < 4.78 is 5.60. The molecule has 168 valence electrons. The third-order valence-electron chi connectivity index (χ3n) is 4.91. The number of carbonyl (C=O) groups is 3. The van der Waals surface area contributed by atoms with Crippen molar-refractivity contribution in [3.8, 4) is 5.75 Å². The van der Waals surface area contributed by atoms with E-state index in [2.05, 4.69) is 10.6 Å². The number of nitrogens with one attached hydrogen (secondary N) is 2. The number of thioether (sulfide) groups is 1. The lowest BCUT2D eigenvalue weighted by atomic mass is 10.2. The Hall–Kier alpha value is -3.78. The summed E-state index contributed by atoms with van der Waals surface area (Å²) in [7, 11) is 0. The molecule has 33 heavy (non-hydrogen) atoms. The quantitative estimate of drug-likeness (QED) is 0.475. The van der Waals surface area contributed by atoms with Gasteiger partial charge >= 0.3 is 6.03 Å². The number of carbonyl (C=O) groups excluding carboxylic acids is 3. The second kappa shape index (κ2) is 10.2. The number of benzene rings is 3. The highest BCUT2D eigenvalue weighted by atomic mass is 32.2. The number of imide groups is 1. The normalized spacial score (nSPS) is 15.4. The molecule has 0 unspecified atom stereocenters. The molecule has 3 aromatic rings. The Kier molecular flexibility index (Phi) is 6.95. The first-order valence-corrected chi connectivity index (χ1v) is 11.4. The van der Waals surface area contributed by atoms with Crippen LogP contribution in [0.1, 0.15) is 13.3 Å². The maximum absolute atomic E-state index is 13.1. The van der Waals surface area contributed by atoms with Crippen LogP contribution in [0.2, 0.25) is 0 Å². The molecular formula is C25H23N3O4S. The zero-order valence-corrected chi connectivity index (χ0v) is 18.8. The lowest BCUT2D eigenvalue weighted by Crippen LogP contribution is -2.31. The highest BCUT2D eigenvalue weighted by Crippen LogP contribution is 2.38. The highest BCUT2D eigenvalue weighted by molar-refractivity contribution is 8.00. The van der Waals surface area contributed by atoms with Gasteiger partial charge in [0, 0.05) is 22.7 Å². The third kappa shape index (κ3) is 5.35. The third-order valence-corrected chi connectivity index (χ3v) is 6.09. The zero-order valence-electron chi connectivity index (χ0n) is 18.0. The largest absolute Gasteiger partial charge is 0.492 e. The van der Waals surface area contributed by atoms with Crippen LogP contribution in [0.4, 0.5) is 21.9 Å². The predicted octanol–water partition coefficient (Wildman–Crippen LogP) is 5.15. The summed E-state index contributed by atoms with van der Waals surface area (Å²) in [5.74, 6) is -0.0403. The molecule has 4 amide bonds. The van der Waals surface area contributed by atoms with Gasteiger partial charge in [0.15, 0.2) is 0 Å². The zero-order chi connectivity index (χ0) is 23.2. The number of rotatable bonds is 7. The van der Waals surface area contributed by atoms with Gasteiger partial charge < -0.3 is 15.4 Å². The number of anilines is 3. The van der Waals surface area contributed by atoms with Crippen LogP contribution in [0, 0.1) is 0 Å². The van der Waals surface area contributed by atoms with Crippen molar-refractivity contribution in [3.05, 3.63) is 78.9 Å². The van der Waals surface area contributed by atoms with Crippen molar-refractivity contribution in [2.24, 2.45) is 0 Å². The Morgan fingerprint density at radius 2 is 1.67 bits per heavy atom. The van der Waals surface area contributed by atoms with E-state index in [0.717, 1.165) is 4.90 Å². The van der Waals surface area contributed by atoms with Crippen LogP contribution in [-0.2, 0) is 9.59 Å². The van der Waals surface area contributed by atoms with Crippen molar-refractivity contribution in [2.75, 3.05) is 22.1 Å². The Labute approximate surface area is 196 Å². The molecule has 1 fully saturated rings. The molecule has 7 nitrogen and oxygen atoms in total. The standard InChI is InChI=1S/C25H23N3O4S/c1-2-32-21-14-7-6-13-20(21)28-23(29)16-22(24(28)30)33-19-12-8-11-18(15-19)27-25(31)26-17-9-4-3-5-10-17/h3-15,22H,2,16H2,1H3,(H2,26,27,31)/t22-/m1/s1. The van der Waals surface area contributed by atoms with E-state index < -0.39 is 5.25 Å². The van der Waals surface area contributed by atoms with E-state index in [-0.39, 0.29) is 24.3 Å². The molecule has 0 saturated carbocycles. The molecule has 8 heteroatoms. The number of hydrogen-bond acceptors (Lipinski definition) is 5. The summed E-state index contributed by atoms with van der Waals surface area (Å²) in [6.07, 6.45) is 0.0934. The van der Waals surface area contributed by atoms with Gasteiger partial charge in [-0.05, 0) is 49.4 Å². The van der Waals surface area contributed by atoms with Crippen molar-refractivity contribution in [1.29, 1.82) is 0 Å². The van der Waals surface area contributed by atoms with Gasteiger partial charge in [-0.1, -0.05) is 36.4 Å². The number of amides is 4. The van der Waals surface area contributed by atoms with Crippen molar-refractivity contribution in [1.82, 2.24) is 0 Å². The summed E-state index contributed by atoms with van der Waals surface area (Å²) >= 11 is 1.30. The van der Waals surface area contributed by atoms with Crippen LogP contribution in [0.3, 0.4) is 0 Å². The number of nitrogens with zero attached hydrogens (tertiary/aromatic N) is 1. The van der Waals surface area contributed by atoms with Crippen LogP contribution in [0.15, 0.2) is 83.8 Å². The molecule has 1 aliphatic rings. The average Bonchev–Trinajstić information content (AvgIpc) is 3.08. The minimum Gasteiger partial charge on any atom is -0.492 e. The maximum atomic E-state index is 13.1. The molecule has 3 aromatic carbocycles. The van der Waals surface area contributed by atoms with Crippen LogP contribution in [0.5, 0.6) is 5.75 Å². The molecule has 4 rings (SSSR count). The molecule has 0 radical (unpaired) electrons. The Morgan fingerprint density at radius 1 is 0.970 bits per heavy atom. The van der Waals surface area contributed by atoms with E-state index in [0.29, 0.717) is 29.4 Å². The van der Waals surface area contributed by atoms with Crippen molar-refractivity contribution < 1.29 is 19.1 Å². The minimum atomic E-state index is -0.555. The van der Waals surface area contributed by atoms with E-state index in [1.54, 1.807) is 54.6 Å². The molecular weight excluding hydrogens is 438 g/mol. The summed E-state index contributed by atoms with van der Waals surface area (Å²) in [6.45, 7) is 2.28. The first-order chi connectivity index (χ1) is 16.0. The highest BCUT2D eigenvalue weighted by Gasteiger charge is 2.41. The average molecular weight is 462 g/mol. The fourth-order valence-corrected chi connectivity index (χ4v) is 4.61. The van der Waals surface area contributed by atoms with Crippen LogP contribution < -0.4 is 20.3 Å². The van der Waals surface area contributed by atoms with E-state index >= 15 is 0 Å². The van der Waals surface area contributed by atoms with Gasteiger partial charge in [0.25, 0.3) is 0 Å². The van der Waals surface area contributed by atoms with Gasteiger partial charge in [-0.3, -0.25) is 9.59 Å². The Morgan fingerprint density at radius 3 is 2.45 bits per heavy atom. The number of urea groups is 1. The van der Waals surface area contributed by atoms with E-state index in [9.17, 15) is 14.4 Å². The molecule has 0 bridgehead atoms. The summed E-state index contributed by atoms with van der Waals surface area (Å²) in [5, 5.41) is 5.00. The van der Waals surface area contributed by atoms with Gasteiger partial charge in [-0.25, -0.2) is 9.69 Å². The second-order valence-electron chi connectivity index (χ2n) is 7.25. The molecule has 1 heterocycles. The summed E-state index contributed by atoms with van der Waals surface area (Å²) in [4.78, 5) is 40.0. The lowest BCUT2D eigenvalue weighted by Gasteiger charge is -2.18. The van der Waals surface area contributed by atoms with Crippen molar-refractivity contribution in [3.63, 3.8) is 0 Å². The molecule has 2 N–H and O–H groups in total. The first-order valence-electron chi connectivity index (χ1n) is 10.5. The van der Waals surface area contributed by atoms with Crippen molar-refractivity contribution in [2.45, 2.75) is 23.5 Å². The number of hydrogen-bond donors (Lipinski definition) is 2. The molecule has 0 aliphatic carbocycles. The fourth-order valence-electron chi connectivity index (χ4n) is 3.50. The molecule has 1 atom stereocenters. The smallest absolute Gasteiger partial charge is 0.323 e. The monoisotopic (exact) mass is 461 g/mol. The molecule has 0 aromatic heterocycles. The van der Waals surface area contributed by atoms with Crippen molar-refractivity contribution >= 4 is 46.7 Å². The summed E-state index contributed by atoms with van der Waals surface area (Å²) in [6, 6.07) is 23.0. The van der Waals surface area contributed by atoms with Gasteiger partial charge in [0.1, 0.15) is 5.75 Å². The van der Waals surface area contributed by atoms with Gasteiger partial charge in [-0.2, -0.15) is 0 Å². The SMILES string of the molecule is CCOc1ccccc1N1C(=O)C[C@@H](Sc2cccc(NC(=O)Nc3ccccc3)c2)C1=O. The Bertz CT molecular complexity index is 1170. The predicted molar refractivity (Wildman–Crippen MR) is 130 cm³/mol. The second-order valence-corrected chi connectivity index (χ2v) is 8.53.